The minimum atomic E-state index is 0.572. The molecule has 0 bridgehead atoms. The predicted molar refractivity (Wildman–Crippen MR) is 63.5 cm³/mol. The highest BCUT2D eigenvalue weighted by atomic mass is 79.9. The van der Waals surface area contributed by atoms with Crippen LogP contribution in [0.15, 0.2) is 34.9 Å². The molecule has 1 nitrogen and oxygen atoms in total. The highest BCUT2D eigenvalue weighted by Crippen LogP contribution is 2.21. The number of benzene rings is 1. The molecule has 0 N–H and O–H groups in total. The number of pyridine rings is 1. The van der Waals surface area contributed by atoms with Crippen LogP contribution in [0.4, 0.5) is 0 Å². The van der Waals surface area contributed by atoms with Crippen molar-refractivity contribution in [2.75, 3.05) is 0 Å². The molecule has 1 aromatic carbocycles. The monoisotopic (exact) mass is 249 g/mol. The summed E-state index contributed by atoms with van der Waals surface area (Å²) in [5, 5.41) is 1.21. The number of hydrogen-bond donors (Lipinski definition) is 0. The zero-order valence-corrected chi connectivity index (χ0v) is 9.88. The van der Waals surface area contributed by atoms with Crippen molar-refractivity contribution in [3.05, 3.63) is 40.5 Å². The molecule has 72 valence electrons. The Morgan fingerprint density at radius 3 is 2.64 bits per heavy atom. The van der Waals surface area contributed by atoms with Crippen LogP contribution in [0, 0.1) is 0 Å². The average molecular weight is 250 g/mol. The van der Waals surface area contributed by atoms with Gasteiger partial charge in [-0.25, -0.2) is 4.98 Å². The van der Waals surface area contributed by atoms with Gasteiger partial charge in [-0.05, 0) is 45.6 Å². The molecule has 14 heavy (non-hydrogen) atoms. The van der Waals surface area contributed by atoms with E-state index >= 15 is 0 Å². The van der Waals surface area contributed by atoms with E-state index in [2.05, 4.69) is 59.0 Å². The van der Waals surface area contributed by atoms with Gasteiger partial charge in [-0.3, -0.25) is 0 Å². The van der Waals surface area contributed by atoms with E-state index in [4.69, 9.17) is 0 Å². The maximum absolute atomic E-state index is 4.39. The largest absolute Gasteiger partial charge is 0.241 e. The van der Waals surface area contributed by atoms with E-state index in [0.29, 0.717) is 5.92 Å². The van der Waals surface area contributed by atoms with Crippen molar-refractivity contribution >= 4 is 26.8 Å². The summed E-state index contributed by atoms with van der Waals surface area (Å²) in [6.07, 6.45) is 0. The summed E-state index contributed by atoms with van der Waals surface area (Å²) < 4.78 is 0.891. The van der Waals surface area contributed by atoms with E-state index in [9.17, 15) is 0 Å². The van der Waals surface area contributed by atoms with Crippen LogP contribution in [0.2, 0.25) is 0 Å². The van der Waals surface area contributed by atoms with Crippen molar-refractivity contribution in [1.82, 2.24) is 4.98 Å². The lowest BCUT2D eigenvalue weighted by atomic mass is 10.0. The van der Waals surface area contributed by atoms with E-state index in [1.165, 1.54) is 10.9 Å². The molecule has 2 heteroatoms. The third-order valence-corrected chi connectivity index (χ3v) is 2.79. The maximum atomic E-state index is 4.39. The Bertz CT molecular complexity index is 463. The number of fused-ring (bicyclic) bond motifs is 1. The Morgan fingerprint density at radius 2 is 1.93 bits per heavy atom. The van der Waals surface area contributed by atoms with Crippen molar-refractivity contribution in [3.63, 3.8) is 0 Å². The van der Waals surface area contributed by atoms with Crippen LogP contribution in [0.3, 0.4) is 0 Å². The fraction of sp³-hybridized carbons (Fsp3) is 0.250. The van der Waals surface area contributed by atoms with Crippen LogP contribution < -0.4 is 0 Å². The van der Waals surface area contributed by atoms with Gasteiger partial charge in [-0.15, -0.1) is 0 Å². The third-order valence-electron chi connectivity index (χ3n) is 2.35. The summed E-state index contributed by atoms with van der Waals surface area (Å²) in [6.45, 7) is 4.40. The van der Waals surface area contributed by atoms with Gasteiger partial charge in [0.2, 0.25) is 0 Å². The van der Waals surface area contributed by atoms with Crippen molar-refractivity contribution in [2.24, 2.45) is 0 Å². The van der Waals surface area contributed by atoms with Gasteiger partial charge in [-0.1, -0.05) is 26.0 Å². The van der Waals surface area contributed by atoms with Gasteiger partial charge < -0.3 is 0 Å². The smallest absolute Gasteiger partial charge is 0.106 e. The molecular formula is C12H12BrN. The zero-order chi connectivity index (χ0) is 10.1. The van der Waals surface area contributed by atoms with Gasteiger partial charge >= 0.3 is 0 Å². The summed E-state index contributed by atoms with van der Waals surface area (Å²) in [4.78, 5) is 4.39. The van der Waals surface area contributed by atoms with Gasteiger partial charge in [0.1, 0.15) is 4.60 Å². The molecule has 0 unspecified atom stereocenters. The summed E-state index contributed by atoms with van der Waals surface area (Å²) in [5.41, 5.74) is 2.41. The molecule has 0 atom stereocenters. The molecule has 1 aromatic heterocycles. The first-order valence-electron chi connectivity index (χ1n) is 4.73. The highest BCUT2D eigenvalue weighted by Gasteiger charge is 2.01. The second kappa shape index (κ2) is 3.70. The number of rotatable bonds is 1. The van der Waals surface area contributed by atoms with Crippen LogP contribution in [0.1, 0.15) is 25.3 Å². The molecule has 0 saturated carbocycles. The lowest BCUT2D eigenvalue weighted by molar-refractivity contribution is 0.868. The Hall–Kier alpha value is -0.890. The van der Waals surface area contributed by atoms with Crippen LogP contribution in [0.5, 0.6) is 0 Å². The first kappa shape index (κ1) is 9.66. The van der Waals surface area contributed by atoms with Crippen molar-refractivity contribution in [1.29, 1.82) is 0 Å². The molecule has 0 aliphatic carbocycles. The molecule has 0 aliphatic heterocycles. The molecule has 0 radical (unpaired) electrons. The summed E-state index contributed by atoms with van der Waals surface area (Å²) >= 11 is 3.37. The lowest BCUT2D eigenvalue weighted by Crippen LogP contribution is -1.87. The first-order valence-corrected chi connectivity index (χ1v) is 5.52. The fourth-order valence-electron chi connectivity index (χ4n) is 1.48. The molecule has 0 fully saturated rings. The predicted octanol–water partition coefficient (Wildman–Crippen LogP) is 4.12. The van der Waals surface area contributed by atoms with Gasteiger partial charge in [0, 0.05) is 5.39 Å². The van der Waals surface area contributed by atoms with E-state index in [-0.39, 0.29) is 0 Å². The normalized spacial score (nSPS) is 11.1. The van der Waals surface area contributed by atoms with Gasteiger partial charge in [0.05, 0.1) is 5.52 Å². The average Bonchev–Trinajstić information content (AvgIpc) is 2.16. The second-order valence-corrected chi connectivity index (χ2v) is 4.55. The molecule has 0 amide bonds. The van der Waals surface area contributed by atoms with E-state index in [0.717, 1.165) is 10.1 Å². The topological polar surface area (TPSA) is 12.9 Å². The van der Waals surface area contributed by atoms with E-state index < -0.39 is 0 Å². The van der Waals surface area contributed by atoms with E-state index in [1.807, 2.05) is 6.07 Å². The molecule has 0 spiro atoms. The minimum absolute atomic E-state index is 0.572. The quantitative estimate of drug-likeness (QED) is 0.693. The Balaban J connectivity index is 2.62. The maximum Gasteiger partial charge on any atom is 0.106 e. The number of nitrogens with zero attached hydrogens (tertiary/aromatic N) is 1. The summed E-state index contributed by atoms with van der Waals surface area (Å²) in [5.74, 6) is 0.572. The first-order chi connectivity index (χ1) is 6.66. The zero-order valence-electron chi connectivity index (χ0n) is 8.29. The van der Waals surface area contributed by atoms with Crippen molar-refractivity contribution in [3.8, 4) is 0 Å². The minimum Gasteiger partial charge on any atom is -0.241 e. The van der Waals surface area contributed by atoms with E-state index in [1.54, 1.807) is 0 Å². The second-order valence-electron chi connectivity index (χ2n) is 3.74. The molecule has 2 rings (SSSR count). The Kier molecular flexibility index (Phi) is 2.55. The Morgan fingerprint density at radius 1 is 1.14 bits per heavy atom. The molecule has 0 aliphatic rings. The van der Waals surface area contributed by atoms with Crippen LogP contribution in [0.25, 0.3) is 10.9 Å². The highest BCUT2D eigenvalue weighted by molar-refractivity contribution is 9.10. The van der Waals surface area contributed by atoms with Crippen LogP contribution in [-0.2, 0) is 0 Å². The fourth-order valence-corrected chi connectivity index (χ4v) is 1.80. The lowest BCUT2D eigenvalue weighted by Gasteiger charge is -2.06. The van der Waals surface area contributed by atoms with Crippen molar-refractivity contribution in [2.45, 2.75) is 19.8 Å². The van der Waals surface area contributed by atoms with Crippen molar-refractivity contribution < 1.29 is 0 Å². The molecule has 2 aromatic rings. The Labute approximate surface area is 92.3 Å². The number of hydrogen-bond acceptors (Lipinski definition) is 1. The van der Waals surface area contributed by atoms with Crippen LogP contribution >= 0.6 is 15.9 Å². The number of aromatic nitrogens is 1. The summed E-state index contributed by atoms with van der Waals surface area (Å²) in [7, 11) is 0. The van der Waals surface area contributed by atoms with Crippen LogP contribution in [-0.4, -0.2) is 4.98 Å². The SMILES string of the molecule is CC(C)c1ccc2nc(Br)ccc2c1. The molecular weight excluding hydrogens is 238 g/mol. The summed E-state index contributed by atoms with van der Waals surface area (Å²) in [6, 6.07) is 10.5. The van der Waals surface area contributed by atoms with Gasteiger partial charge in [0.15, 0.2) is 0 Å². The molecule has 1 heterocycles. The van der Waals surface area contributed by atoms with Gasteiger partial charge in [-0.2, -0.15) is 0 Å². The van der Waals surface area contributed by atoms with Gasteiger partial charge in [0.25, 0.3) is 0 Å². The third kappa shape index (κ3) is 1.80. The molecule has 0 saturated heterocycles. The number of halogens is 1. The standard InChI is InChI=1S/C12H12BrN/c1-8(2)9-3-5-11-10(7-9)4-6-12(13)14-11/h3-8H,1-2H3.